The zero-order valence-electron chi connectivity index (χ0n) is 7.52. The van der Waals surface area contributed by atoms with E-state index in [4.69, 9.17) is 11.6 Å². The molecule has 0 spiro atoms. The maximum atomic E-state index is 5.91. The third-order valence-electron chi connectivity index (χ3n) is 2.78. The number of hydrogen-bond donors (Lipinski definition) is 0. The molecule has 1 saturated carbocycles. The first-order chi connectivity index (χ1) is 6.86. The van der Waals surface area contributed by atoms with Crippen LogP contribution in [0.3, 0.4) is 0 Å². The maximum Gasteiger partial charge on any atom is 0.165 e. The van der Waals surface area contributed by atoms with Gasteiger partial charge in [-0.3, -0.25) is 0 Å². The summed E-state index contributed by atoms with van der Waals surface area (Å²) in [6, 6.07) is 0.561. The van der Waals surface area contributed by atoms with Crippen molar-refractivity contribution in [2.75, 3.05) is 0 Å². The van der Waals surface area contributed by atoms with Crippen molar-refractivity contribution in [3.05, 3.63) is 17.8 Å². The summed E-state index contributed by atoms with van der Waals surface area (Å²) >= 11 is 5.91. The number of rotatable bonds is 1. The van der Waals surface area contributed by atoms with E-state index in [9.17, 15) is 0 Å². The second-order valence-corrected chi connectivity index (χ2v) is 3.93. The van der Waals surface area contributed by atoms with Gasteiger partial charge in [0, 0.05) is 6.04 Å². The fourth-order valence-corrected chi connectivity index (χ4v) is 1.93. The van der Waals surface area contributed by atoms with E-state index in [0.29, 0.717) is 16.7 Å². The van der Waals surface area contributed by atoms with E-state index in [1.165, 1.54) is 25.6 Å². The molecule has 72 valence electrons. The molecule has 0 aliphatic heterocycles. The van der Waals surface area contributed by atoms with Gasteiger partial charge in [0.25, 0.3) is 0 Å². The largest absolute Gasteiger partial charge is 0.312 e. The molecule has 0 amide bonds. The molecule has 4 nitrogen and oxygen atoms in total. The van der Waals surface area contributed by atoms with Crippen LogP contribution in [0.15, 0.2) is 12.7 Å². The average molecular weight is 209 g/mol. The molecule has 0 bridgehead atoms. The first-order valence-electron chi connectivity index (χ1n) is 4.69. The molecule has 2 aromatic heterocycles. The van der Waals surface area contributed by atoms with Crippen LogP contribution < -0.4 is 0 Å². The van der Waals surface area contributed by atoms with E-state index in [1.54, 1.807) is 0 Å². The summed E-state index contributed by atoms with van der Waals surface area (Å²) in [7, 11) is 0. The van der Waals surface area contributed by atoms with Crippen molar-refractivity contribution in [1.82, 2.24) is 19.5 Å². The highest BCUT2D eigenvalue weighted by atomic mass is 35.5. The van der Waals surface area contributed by atoms with E-state index in [-0.39, 0.29) is 0 Å². The molecule has 5 heteroatoms. The van der Waals surface area contributed by atoms with E-state index in [0.717, 1.165) is 5.65 Å². The lowest BCUT2D eigenvalue weighted by Crippen LogP contribution is -2.16. The first-order valence-corrected chi connectivity index (χ1v) is 5.07. The molecule has 0 N–H and O–H groups in total. The van der Waals surface area contributed by atoms with Gasteiger partial charge in [0.2, 0.25) is 0 Å². The van der Waals surface area contributed by atoms with Crippen LogP contribution in [-0.2, 0) is 0 Å². The fraction of sp³-hybridized carbons (Fsp3) is 0.444. The average Bonchev–Trinajstić information content (AvgIpc) is 2.48. The van der Waals surface area contributed by atoms with Gasteiger partial charge in [-0.25, -0.2) is 15.0 Å². The molecule has 2 heterocycles. The lowest BCUT2D eigenvalue weighted by atomic mass is 9.93. The Morgan fingerprint density at radius 2 is 2.14 bits per heavy atom. The van der Waals surface area contributed by atoms with Gasteiger partial charge < -0.3 is 4.57 Å². The van der Waals surface area contributed by atoms with Crippen molar-refractivity contribution in [1.29, 1.82) is 0 Å². The second-order valence-electron chi connectivity index (χ2n) is 3.57. The minimum atomic E-state index is 0.438. The summed E-state index contributed by atoms with van der Waals surface area (Å²) < 4.78 is 2.10. The molecule has 0 radical (unpaired) electrons. The highest BCUT2D eigenvalue weighted by molar-refractivity contribution is 6.33. The van der Waals surface area contributed by atoms with Crippen LogP contribution in [0.5, 0.6) is 0 Å². The molecule has 1 aliphatic carbocycles. The van der Waals surface area contributed by atoms with Crippen molar-refractivity contribution >= 4 is 22.8 Å². The molecular formula is C9H9ClN4. The van der Waals surface area contributed by atoms with E-state index < -0.39 is 0 Å². The number of aromatic nitrogens is 4. The lowest BCUT2D eigenvalue weighted by molar-refractivity contribution is 0.319. The molecule has 0 atom stereocenters. The Hall–Kier alpha value is -1.16. The monoisotopic (exact) mass is 208 g/mol. The van der Waals surface area contributed by atoms with Crippen molar-refractivity contribution in [3.8, 4) is 0 Å². The predicted molar refractivity (Wildman–Crippen MR) is 53.2 cm³/mol. The number of fused-ring (bicyclic) bond motifs is 1. The van der Waals surface area contributed by atoms with Crippen LogP contribution in [-0.4, -0.2) is 19.5 Å². The van der Waals surface area contributed by atoms with Gasteiger partial charge in [0.15, 0.2) is 10.8 Å². The normalized spacial score (nSPS) is 17.2. The number of nitrogens with zero attached hydrogens (tertiary/aromatic N) is 4. The van der Waals surface area contributed by atoms with Crippen LogP contribution in [0.4, 0.5) is 0 Å². The van der Waals surface area contributed by atoms with Gasteiger partial charge in [-0.15, -0.1) is 0 Å². The van der Waals surface area contributed by atoms with E-state index in [2.05, 4.69) is 19.5 Å². The van der Waals surface area contributed by atoms with Gasteiger partial charge in [0.05, 0.1) is 6.33 Å². The Bertz CT molecular complexity index is 475. The van der Waals surface area contributed by atoms with E-state index >= 15 is 0 Å². The van der Waals surface area contributed by atoms with Gasteiger partial charge in [-0.2, -0.15) is 0 Å². The minimum absolute atomic E-state index is 0.438. The summed E-state index contributed by atoms with van der Waals surface area (Å²) in [5.74, 6) is 0. The van der Waals surface area contributed by atoms with Gasteiger partial charge >= 0.3 is 0 Å². The summed E-state index contributed by atoms with van der Waals surface area (Å²) in [5, 5.41) is 0.438. The van der Waals surface area contributed by atoms with Crippen molar-refractivity contribution in [2.45, 2.75) is 25.3 Å². The Balaban J connectivity index is 2.20. The number of hydrogen-bond acceptors (Lipinski definition) is 3. The highest BCUT2D eigenvalue weighted by Gasteiger charge is 2.22. The lowest BCUT2D eigenvalue weighted by Gasteiger charge is -2.26. The minimum Gasteiger partial charge on any atom is -0.312 e. The van der Waals surface area contributed by atoms with Crippen LogP contribution in [0.25, 0.3) is 11.2 Å². The molecule has 0 saturated heterocycles. The SMILES string of the molecule is Clc1ncnc2c1ncn2C1CCC1. The summed E-state index contributed by atoms with van der Waals surface area (Å²) in [6.07, 6.45) is 7.03. The molecule has 3 rings (SSSR count). The second kappa shape index (κ2) is 2.92. The fourth-order valence-electron chi connectivity index (χ4n) is 1.76. The van der Waals surface area contributed by atoms with Crippen molar-refractivity contribution in [3.63, 3.8) is 0 Å². The number of imidazole rings is 1. The van der Waals surface area contributed by atoms with Crippen molar-refractivity contribution in [2.24, 2.45) is 0 Å². The van der Waals surface area contributed by atoms with Crippen LogP contribution in [0, 0.1) is 0 Å². The molecule has 0 unspecified atom stereocenters. The Morgan fingerprint density at radius 1 is 1.29 bits per heavy atom. The Kier molecular flexibility index (Phi) is 1.70. The molecular weight excluding hydrogens is 200 g/mol. The zero-order chi connectivity index (χ0) is 9.54. The molecule has 0 aromatic carbocycles. The highest BCUT2D eigenvalue weighted by Crippen LogP contribution is 2.33. The first kappa shape index (κ1) is 8.17. The summed E-state index contributed by atoms with van der Waals surface area (Å²) in [4.78, 5) is 12.3. The quantitative estimate of drug-likeness (QED) is 0.675. The zero-order valence-corrected chi connectivity index (χ0v) is 8.28. The topological polar surface area (TPSA) is 43.6 Å². The smallest absolute Gasteiger partial charge is 0.165 e. The van der Waals surface area contributed by atoms with Crippen molar-refractivity contribution < 1.29 is 0 Å². The van der Waals surface area contributed by atoms with Gasteiger partial charge in [0.1, 0.15) is 11.8 Å². The standard InChI is InChI=1S/C9H9ClN4/c10-8-7-9(12-4-11-8)14(5-13-7)6-2-1-3-6/h4-6H,1-3H2. The van der Waals surface area contributed by atoms with Crippen LogP contribution in [0.2, 0.25) is 5.15 Å². The summed E-state index contributed by atoms with van der Waals surface area (Å²) in [6.45, 7) is 0. The van der Waals surface area contributed by atoms with Gasteiger partial charge in [-0.1, -0.05) is 11.6 Å². The third kappa shape index (κ3) is 1.04. The van der Waals surface area contributed by atoms with Crippen LogP contribution >= 0.6 is 11.6 Å². The predicted octanol–water partition coefficient (Wildman–Crippen LogP) is 2.20. The molecule has 2 aromatic rings. The number of halogens is 1. The molecule has 1 fully saturated rings. The Morgan fingerprint density at radius 3 is 2.86 bits per heavy atom. The van der Waals surface area contributed by atoms with E-state index in [1.807, 2.05) is 6.33 Å². The van der Waals surface area contributed by atoms with Gasteiger partial charge in [-0.05, 0) is 19.3 Å². The summed E-state index contributed by atoms with van der Waals surface area (Å²) in [5.41, 5.74) is 1.57. The molecule has 1 aliphatic rings. The third-order valence-corrected chi connectivity index (χ3v) is 3.06. The van der Waals surface area contributed by atoms with Crippen LogP contribution in [0.1, 0.15) is 25.3 Å². The molecule has 14 heavy (non-hydrogen) atoms. The maximum absolute atomic E-state index is 5.91. The Labute approximate surface area is 85.9 Å².